The minimum absolute atomic E-state index is 0.0998. The summed E-state index contributed by atoms with van der Waals surface area (Å²) in [6.07, 6.45) is 0. The van der Waals surface area contributed by atoms with Crippen molar-refractivity contribution in [3.63, 3.8) is 0 Å². The molecule has 1 aliphatic heterocycles. The number of benzene rings is 2. The predicted molar refractivity (Wildman–Crippen MR) is 103 cm³/mol. The Morgan fingerprint density at radius 2 is 1.88 bits per heavy atom. The number of para-hydroxylation sites is 1. The number of nitrogens with zero attached hydrogens (tertiary/aromatic N) is 2. The van der Waals surface area contributed by atoms with Gasteiger partial charge in [0.25, 0.3) is 0 Å². The number of anilines is 1. The number of carbonyl (C=O) groups is 1. The zero-order valence-electron chi connectivity index (χ0n) is 15.8. The number of urea groups is 1. The first-order chi connectivity index (χ1) is 11.9. The van der Waals surface area contributed by atoms with Crippen molar-refractivity contribution in [2.24, 2.45) is 0 Å². The molecular formula is C21H27N3O. The lowest BCUT2D eigenvalue weighted by Crippen LogP contribution is -2.33. The number of amides is 2. The van der Waals surface area contributed by atoms with Crippen LogP contribution in [0.3, 0.4) is 0 Å². The van der Waals surface area contributed by atoms with E-state index in [-0.39, 0.29) is 11.9 Å². The van der Waals surface area contributed by atoms with Gasteiger partial charge < -0.3 is 15.1 Å². The third-order valence-electron chi connectivity index (χ3n) is 4.93. The average Bonchev–Trinajstić information content (AvgIpc) is 2.55. The van der Waals surface area contributed by atoms with Crippen LogP contribution >= 0.6 is 0 Å². The zero-order chi connectivity index (χ0) is 18.1. The van der Waals surface area contributed by atoms with Crippen LogP contribution in [0.15, 0.2) is 36.4 Å². The summed E-state index contributed by atoms with van der Waals surface area (Å²) in [5, 5.41) is 3.05. The zero-order valence-corrected chi connectivity index (χ0v) is 15.8. The smallest absolute Gasteiger partial charge is 0.321 e. The molecule has 4 heteroatoms. The van der Waals surface area contributed by atoms with Crippen molar-refractivity contribution in [2.75, 3.05) is 33.0 Å². The highest BCUT2D eigenvalue weighted by Crippen LogP contribution is 2.38. The number of likely N-dealkylation sites (N-methyl/N-ethyl adjacent to an activating group) is 1. The van der Waals surface area contributed by atoms with E-state index in [0.717, 1.165) is 18.8 Å². The summed E-state index contributed by atoms with van der Waals surface area (Å²) in [7, 11) is 5.68. The fraction of sp³-hybridized carbons (Fsp3) is 0.381. The van der Waals surface area contributed by atoms with E-state index in [0.29, 0.717) is 0 Å². The third kappa shape index (κ3) is 3.54. The largest absolute Gasteiger partial charge is 0.331 e. The van der Waals surface area contributed by atoms with Gasteiger partial charge in [0, 0.05) is 38.8 Å². The molecule has 2 aromatic rings. The van der Waals surface area contributed by atoms with Crippen LogP contribution in [0, 0.1) is 13.8 Å². The highest BCUT2D eigenvalue weighted by Gasteiger charge is 2.28. The van der Waals surface area contributed by atoms with Gasteiger partial charge in [0.15, 0.2) is 0 Å². The summed E-state index contributed by atoms with van der Waals surface area (Å²) >= 11 is 0. The highest BCUT2D eigenvalue weighted by atomic mass is 16.2. The monoisotopic (exact) mass is 337 g/mol. The van der Waals surface area contributed by atoms with Crippen LogP contribution in [-0.2, 0) is 6.54 Å². The molecule has 1 heterocycles. The molecule has 1 N–H and O–H groups in total. The standard InChI is InChI=1S/C21H27N3O/c1-14-10-15(2)18-12-24(5)13-19(17(18)11-14)16-8-6-7-9-20(16)22-21(25)23(3)4/h6-11,19H,12-13H2,1-5H3,(H,22,25). The Kier molecular flexibility index (Phi) is 4.82. The molecule has 1 unspecified atom stereocenters. The second-order valence-electron chi connectivity index (χ2n) is 7.31. The van der Waals surface area contributed by atoms with Crippen molar-refractivity contribution < 1.29 is 4.79 Å². The molecule has 0 radical (unpaired) electrons. The number of hydrogen-bond acceptors (Lipinski definition) is 2. The van der Waals surface area contributed by atoms with Crippen LogP contribution in [0.2, 0.25) is 0 Å². The number of hydrogen-bond donors (Lipinski definition) is 1. The number of fused-ring (bicyclic) bond motifs is 1. The predicted octanol–water partition coefficient (Wildman–Crippen LogP) is 3.97. The molecule has 25 heavy (non-hydrogen) atoms. The van der Waals surface area contributed by atoms with Crippen molar-refractivity contribution in [2.45, 2.75) is 26.3 Å². The van der Waals surface area contributed by atoms with Gasteiger partial charge in [-0.2, -0.15) is 0 Å². The van der Waals surface area contributed by atoms with E-state index in [2.05, 4.69) is 55.4 Å². The fourth-order valence-electron chi connectivity index (χ4n) is 3.71. The van der Waals surface area contributed by atoms with E-state index >= 15 is 0 Å². The van der Waals surface area contributed by atoms with Crippen LogP contribution in [0.4, 0.5) is 10.5 Å². The summed E-state index contributed by atoms with van der Waals surface area (Å²) < 4.78 is 0. The van der Waals surface area contributed by atoms with Crippen LogP contribution in [-0.4, -0.2) is 43.5 Å². The van der Waals surface area contributed by atoms with Gasteiger partial charge in [-0.05, 0) is 49.2 Å². The maximum atomic E-state index is 12.2. The van der Waals surface area contributed by atoms with E-state index < -0.39 is 0 Å². The number of rotatable bonds is 2. The molecule has 0 spiro atoms. The summed E-state index contributed by atoms with van der Waals surface area (Å²) in [5.41, 5.74) is 7.52. The van der Waals surface area contributed by atoms with Crippen molar-refractivity contribution in [3.05, 3.63) is 64.2 Å². The van der Waals surface area contributed by atoms with E-state index in [1.165, 1.54) is 27.8 Å². The Balaban J connectivity index is 2.08. The summed E-state index contributed by atoms with van der Waals surface area (Å²) in [6, 6.07) is 12.6. The van der Waals surface area contributed by atoms with Gasteiger partial charge in [-0.1, -0.05) is 35.9 Å². The Labute approximate surface area is 150 Å². The molecule has 132 valence electrons. The second kappa shape index (κ2) is 6.89. The van der Waals surface area contributed by atoms with Crippen molar-refractivity contribution in [3.8, 4) is 0 Å². The van der Waals surface area contributed by atoms with Crippen LogP contribution in [0.5, 0.6) is 0 Å². The molecule has 3 rings (SSSR count). The average molecular weight is 337 g/mol. The first-order valence-corrected chi connectivity index (χ1v) is 8.72. The lowest BCUT2D eigenvalue weighted by molar-refractivity contribution is 0.230. The quantitative estimate of drug-likeness (QED) is 0.900. The SMILES string of the molecule is Cc1cc(C)c2c(c1)C(c1ccccc1NC(=O)N(C)C)CN(C)C2. The Morgan fingerprint density at radius 3 is 2.60 bits per heavy atom. The molecule has 0 saturated heterocycles. The van der Waals surface area contributed by atoms with E-state index in [4.69, 9.17) is 0 Å². The maximum absolute atomic E-state index is 12.2. The molecule has 0 fully saturated rings. The molecule has 0 saturated carbocycles. The first-order valence-electron chi connectivity index (χ1n) is 8.72. The van der Waals surface area contributed by atoms with Crippen LogP contribution < -0.4 is 5.32 Å². The topological polar surface area (TPSA) is 35.6 Å². The third-order valence-corrected chi connectivity index (χ3v) is 4.93. The molecule has 1 aliphatic rings. The Bertz CT molecular complexity index is 798. The fourth-order valence-corrected chi connectivity index (χ4v) is 3.71. The van der Waals surface area contributed by atoms with Crippen molar-refractivity contribution in [1.82, 2.24) is 9.80 Å². The van der Waals surface area contributed by atoms with Gasteiger partial charge in [0.05, 0.1) is 0 Å². The molecular weight excluding hydrogens is 310 g/mol. The summed E-state index contributed by atoms with van der Waals surface area (Å²) in [6.45, 7) is 6.28. The number of carbonyl (C=O) groups excluding carboxylic acids is 1. The Morgan fingerprint density at radius 1 is 1.16 bits per heavy atom. The highest BCUT2D eigenvalue weighted by molar-refractivity contribution is 5.90. The normalized spacial score (nSPS) is 17.1. The Hall–Kier alpha value is -2.33. The van der Waals surface area contributed by atoms with Gasteiger partial charge >= 0.3 is 6.03 Å². The van der Waals surface area contributed by atoms with Gasteiger partial charge in [-0.3, -0.25) is 0 Å². The van der Waals surface area contributed by atoms with Crippen molar-refractivity contribution >= 4 is 11.7 Å². The van der Waals surface area contributed by atoms with Crippen molar-refractivity contribution in [1.29, 1.82) is 0 Å². The first kappa shape index (κ1) is 17.5. The maximum Gasteiger partial charge on any atom is 0.321 e. The molecule has 0 bridgehead atoms. The summed E-state index contributed by atoms with van der Waals surface area (Å²) in [4.78, 5) is 16.1. The van der Waals surface area contributed by atoms with Crippen LogP contribution in [0.1, 0.15) is 33.7 Å². The lowest BCUT2D eigenvalue weighted by Gasteiger charge is -2.35. The van der Waals surface area contributed by atoms with Gasteiger partial charge in [0.1, 0.15) is 0 Å². The summed E-state index contributed by atoms with van der Waals surface area (Å²) in [5.74, 6) is 0.256. The lowest BCUT2D eigenvalue weighted by atomic mass is 9.81. The minimum Gasteiger partial charge on any atom is -0.331 e. The van der Waals surface area contributed by atoms with E-state index in [1.807, 2.05) is 12.1 Å². The van der Waals surface area contributed by atoms with E-state index in [9.17, 15) is 4.79 Å². The second-order valence-corrected chi connectivity index (χ2v) is 7.31. The molecule has 2 amide bonds. The molecule has 0 aliphatic carbocycles. The van der Waals surface area contributed by atoms with E-state index in [1.54, 1.807) is 19.0 Å². The molecule has 0 aromatic heterocycles. The van der Waals surface area contributed by atoms with Gasteiger partial charge in [-0.15, -0.1) is 0 Å². The molecule has 2 aromatic carbocycles. The van der Waals surface area contributed by atoms with Gasteiger partial charge in [0.2, 0.25) is 0 Å². The minimum atomic E-state index is -0.0998. The number of aryl methyl sites for hydroxylation is 2. The number of nitrogens with one attached hydrogen (secondary N) is 1. The van der Waals surface area contributed by atoms with Crippen LogP contribution in [0.25, 0.3) is 0 Å². The van der Waals surface area contributed by atoms with Gasteiger partial charge in [-0.25, -0.2) is 4.79 Å². The molecule has 1 atom stereocenters. The molecule has 4 nitrogen and oxygen atoms in total.